The van der Waals surface area contributed by atoms with Gasteiger partial charge in [0.1, 0.15) is 5.60 Å². The minimum atomic E-state index is -0.972. The molecule has 5 heteroatoms. The Balaban J connectivity index is 2.19. The molecule has 108 valence electrons. The van der Waals surface area contributed by atoms with E-state index < -0.39 is 17.7 Å². The van der Waals surface area contributed by atoms with Gasteiger partial charge in [0.25, 0.3) is 0 Å². The smallest absolute Gasteiger partial charge is 0.408 e. The lowest BCUT2D eigenvalue weighted by Gasteiger charge is -2.22. The van der Waals surface area contributed by atoms with Crippen LogP contribution in [0.25, 0.3) is 0 Å². The van der Waals surface area contributed by atoms with Gasteiger partial charge in [0.05, 0.1) is 11.6 Å². The molecule has 0 aromatic heterocycles. The SMILES string of the molecule is CC(C)(C)OC(=O)NC1CCc2cccc(C(=O)O)c21. The van der Waals surface area contributed by atoms with Crippen LogP contribution in [0.15, 0.2) is 18.2 Å². The van der Waals surface area contributed by atoms with Gasteiger partial charge in [-0.1, -0.05) is 12.1 Å². The average Bonchev–Trinajstić information content (AvgIpc) is 2.69. The number of rotatable bonds is 2. The first-order chi connectivity index (χ1) is 9.28. The highest BCUT2D eigenvalue weighted by atomic mass is 16.6. The van der Waals surface area contributed by atoms with Crippen molar-refractivity contribution in [3.63, 3.8) is 0 Å². The number of fused-ring (bicyclic) bond motifs is 1. The molecule has 5 nitrogen and oxygen atoms in total. The molecule has 0 heterocycles. The van der Waals surface area contributed by atoms with E-state index in [0.29, 0.717) is 12.0 Å². The number of carboxylic acid groups (broad SMARTS) is 1. The first kappa shape index (κ1) is 14.4. The van der Waals surface area contributed by atoms with E-state index in [1.165, 1.54) is 0 Å². The van der Waals surface area contributed by atoms with Crippen molar-refractivity contribution < 1.29 is 19.4 Å². The monoisotopic (exact) mass is 277 g/mol. The molecule has 1 amide bonds. The quantitative estimate of drug-likeness (QED) is 0.871. The predicted octanol–water partition coefficient (Wildman–Crippen LogP) is 2.90. The van der Waals surface area contributed by atoms with Gasteiger partial charge in [-0.3, -0.25) is 0 Å². The Hall–Kier alpha value is -2.04. The number of amides is 1. The third-order valence-corrected chi connectivity index (χ3v) is 3.17. The molecule has 1 aliphatic carbocycles. The molecule has 0 aliphatic heterocycles. The van der Waals surface area contributed by atoms with Crippen molar-refractivity contribution in [2.75, 3.05) is 0 Å². The maximum atomic E-state index is 11.8. The zero-order valence-electron chi connectivity index (χ0n) is 11.9. The van der Waals surface area contributed by atoms with Crippen LogP contribution in [-0.2, 0) is 11.2 Å². The zero-order valence-corrected chi connectivity index (χ0v) is 11.9. The molecule has 1 aliphatic rings. The van der Waals surface area contributed by atoms with Gasteiger partial charge < -0.3 is 15.2 Å². The number of hydrogen-bond donors (Lipinski definition) is 2. The summed E-state index contributed by atoms with van der Waals surface area (Å²) in [4.78, 5) is 23.1. The number of carbonyl (C=O) groups is 2. The minimum absolute atomic E-state index is 0.251. The second-order valence-electron chi connectivity index (χ2n) is 5.92. The number of alkyl carbamates (subject to hydrolysis) is 1. The van der Waals surface area contributed by atoms with Crippen LogP contribution in [0.4, 0.5) is 4.79 Å². The molecule has 1 aromatic carbocycles. The van der Waals surface area contributed by atoms with E-state index in [4.69, 9.17) is 4.74 Å². The molecule has 0 bridgehead atoms. The van der Waals surface area contributed by atoms with Crippen LogP contribution in [0, 0.1) is 0 Å². The highest BCUT2D eigenvalue weighted by Crippen LogP contribution is 2.34. The lowest BCUT2D eigenvalue weighted by molar-refractivity contribution is 0.0500. The number of aromatic carboxylic acids is 1. The Morgan fingerprint density at radius 2 is 2.05 bits per heavy atom. The van der Waals surface area contributed by atoms with Gasteiger partial charge in [-0.05, 0) is 50.8 Å². The van der Waals surface area contributed by atoms with Gasteiger partial charge in [-0.15, -0.1) is 0 Å². The average molecular weight is 277 g/mol. The third-order valence-electron chi connectivity index (χ3n) is 3.17. The highest BCUT2D eigenvalue weighted by molar-refractivity contribution is 5.90. The highest BCUT2D eigenvalue weighted by Gasteiger charge is 2.30. The van der Waals surface area contributed by atoms with E-state index in [9.17, 15) is 14.7 Å². The molecular weight excluding hydrogens is 258 g/mol. The molecule has 1 atom stereocenters. The Bertz CT molecular complexity index is 545. The van der Waals surface area contributed by atoms with Gasteiger partial charge in [-0.2, -0.15) is 0 Å². The van der Waals surface area contributed by atoms with Gasteiger partial charge >= 0.3 is 12.1 Å². The van der Waals surface area contributed by atoms with Crippen molar-refractivity contribution in [1.82, 2.24) is 5.32 Å². The lowest BCUT2D eigenvalue weighted by Crippen LogP contribution is -2.34. The van der Waals surface area contributed by atoms with Crippen LogP contribution < -0.4 is 5.32 Å². The summed E-state index contributed by atoms with van der Waals surface area (Å²) in [5.41, 5.74) is 1.36. The fourth-order valence-corrected chi connectivity index (χ4v) is 2.47. The van der Waals surface area contributed by atoms with E-state index in [0.717, 1.165) is 12.0 Å². The predicted molar refractivity (Wildman–Crippen MR) is 73.8 cm³/mol. The van der Waals surface area contributed by atoms with Crippen molar-refractivity contribution in [2.45, 2.75) is 45.3 Å². The van der Waals surface area contributed by atoms with Gasteiger partial charge in [0.2, 0.25) is 0 Å². The molecule has 1 unspecified atom stereocenters. The number of carbonyl (C=O) groups excluding carboxylic acids is 1. The molecule has 20 heavy (non-hydrogen) atoms. The Morgan fingerprint density at radius 1 is 1.35 bits per heavy atom. The van der Waals surface area contributed by atoms with Crippen LogP contribution in [0.5, 0.6) is 0 Å². The largest absolute Gasteiger partial charge is 0.478 e. The molecular formula is C15H19NO4. The summed E-state index contributed by atoms with van der Waals surface area (Å²) in [6, 6.07) is 4.90. The summed E-state index contributed by atoms with van der Waals surface area (Å²) in [7, 11) is 0. The molecule has 0 radical (unpaired) electrons. The van der Waals surface area contributed by atoms with Gasteiger partial charge in [-0.25, -0.2) is 9.59 Å². The van der Waals surface area contributed by atoms with Crippen LogP contribution in [0.3, 0.4) is 0 Å². The lowest BCUT2D eigenvalue weighted by atomic mass is 10.0. The van der Waals surface area contributed by atoms with Crippen LogP contribution >= 0.6 is 0 Å². The molecule has 0 spiro atoms. The minimum Gasteiger partial charge on any atom is -0.478 e. The number of ether oxygens (including phenoxy) is 1. The standard InChI is InChI=1S/C15H19NO4/c1-15(2,3)20-14(19)16-11-8-7-9-5-4-6-10(12(9)11)13(17)18/h4-6,11H,7-8H2,1-3H3,(H,16,19)(H,17,18). The number of nitrogens with one attached hydrogen (secondary N) is 1. The maximum Gasteiger partial charge on any atom is 0.408 e. The summed E-state index contributed by atoms with van der Waals surface area (Å²) in [5.74, 6) is -0.972. The van der Waals surface area contributed by atoms with Crippen molar-refractivity contribution in [2.24, 2.45) is 0 Å². The molecule has 0 saturated carbocycles. The van der Waals surface area contributed by atoms with E-state index in [1.54, 1.807) is 32.9 Å². The number of carboxylic acids is 1. The number of hydrogen-bond acceptors (Lipinski definition) is 3. The Kier molecular flexibility index (Phi) is 3.70. The van der Waals surface area contributed by atoms with Crippen molar-refractivity contribution in [3.8, 4) is 0 Å². The summed E-state index contributed by atoms with van der Waals surface area (Å²) in [6.45, 7) is 5.37. The topological polar surface area (TPSA) is 75.6 Å². The molecule has 1 aromatic rings. The number of benzene rings is 1. The third kappa shape index (κ3) is 3.10. The van der Waals surface area contributed by atoms with E-state index >= 15 is 0 Å². The second kappa shape index (κ2) is 5.15. The first-order valence-electron chi connectivity index (χ1n) is 6.62. The Labute approximate surface area is 117 Å². The van der Waals surface area contributed by atoms with E-state index in [-0.39, 0.29) is 11.6 Å². The van der Waals surface area contributed by atoms with E-state index in [2.05, 4.69) is 5.32 Å². The van der Waals surface area contributed by atoms with Gasteiger partial charge in [0.15, 0.2) is 0 Å². The summed E-state index contributed by atoms with van der Waals surface area (Å²) in [5, 5.41) is 12.0. The second-order valence-corrected chi connectivity index (χ2v) is 5.92. The molecule has 2 rings (SSSR count). The summed E-state index contributed by atoms with van der Waals surface area (Å²) < 4.78 is 5.22. The fourth-order valence-electron chi connectivity index (χ4n) is 2.47. The van der Waals surface area contributed by atoms with Crippen LogP contribution in [-0.4, -0.2) is 22.8 Å². The first-order valence-corrected chi connectivity index (χ1v) is 6.62. The molecule has 0 saturated heterocycles. The summed E-state index contributed by atoms with van der Waals surface area (Å²) in [6.07, 6.45) is 0.936. The fraction of sp³-hybridized carbons (Fsp3) is 0.467. The van der Waals surface area contributed by atoms with Crippen LogP contribution in [0.1, 0.15) is 54.7 Å². The molecule has 2 N–H and O–H groups in total. The molecule has 0 fully saturated rings. The van der Waals surface area contributed by atoms with E-state index in [1.807, 2.05) is 6.07 Å². The normalized spacial score (nSPS) is 17.4. The Morgan fingerprint density at radius 3 is 2.65 bits per heavy atom. The van der Waals surface area contributed by atoms with Gasteiger partial charge in [0, 0.05) is 0 Å². The summed E-state index contributed by atoms with van der Waals surface area (Å²) >= 11 is 0. The zero-order chi connectivity index (χ0) is 14.9. The van der Waals surface area contributed by atoms with Crippen molar-refractivity contribution in [3.05, 3.63) is 34.9 Å². The maximum absolute atomic E-state index is 11.8. The van der Waals surface area contributed by atoms with Crippen molar-refractivity contribution >= 4 is 12.1 Å². The van der Waals surface area contributed by atoms with Crippen LogP contribution in [0.2, 0.25) is 0 Å². The number of aryl methyl sites for hydroxylation is 1. The van der Waals surface area contributed by atoms with Crippen molar-refractivity contribution in [1.29, 1.82) is 0 Å².